The number of hydrogen-bond donors (Lipinski definition) is 1. The zero-order valence-electron chi connectivity index (χ0n) is 13.4. The number of likely N-dealkylation sites (tertiary alicyclic amines) is 1. The molecule has 1 aromatic carbocycles. The van der Waals surface area contributed by atoms with E-state index in [1.165, 1.54) is 0 Å². The van der Waals surface area contributed by atoms with Crippen LogP contribution in [0.25, 0.3) is 0 Å². The fraction of sp³-hybridized carbons (Fsp3) is 0.529. The van der Waals surface area contributed by atoms with Crippen molar-refractivity contribution in [1.29, 1.82) is 0 Å². The second kappa shape index (κ2) is 7.68. The summed E-state index contributed by atoms with van der Waals surface area (Å²) in [7, 11) is 0. The molecule has 2 aromatic rings. The smallest absolute Gasteiger partial charge is 0.223 e. The number of β-amino-alcohol motifs (C(OH)–C–C–N with tert-alkyl or cyclic N) is 1. The molecule has 2 unspecified atom stereocenters. The molecule has 1 saturated heterocycles. The molecule has 0 aliphatic carbocycles. The number of ether oxygens (including phenoxy) is 1. The van der Waals surface area contributed by atoms with Gasteiger partial charge in [-0.05, 0) is 24.9 Å². The fourth-order valence-electron chi connectivity index (χ4n) is 3.00. The Balaban J connectivity index is 1.46. The van der Waals surface area contributed by atoms with Gasteiger partial charge in [-0.2, -0.15) is 4.98 Å². The second-order valence-electron chi connectivity index (χ2n) is 5.98. The summed E-state index contributed by atoms with van der Waals surface area (Å²) in [6.07, 6.45) is 1.55. The number of aromatic nitrogens is 2. The molecule has 0 radical (unpaired) electrons. The Labute approximate surface area is 136 Å². The first kappa shape index (κ1) is 16.1. The van der Waals surface area contributed by atoms with E-state index in [0.29, 0.717) is 25.6 Å². The largest absolute Gasteiger partial charge is 0.389 e. The molecular formula is C17H23N3O3. The molecule has 2 atom stereocenters. The summed E-state index contributed by atoms with van der Waals surface area (Å²) in [6, 6.07) is 10.1. The van der Waals surface area contributed by atoms with Gasteiger partial charge < -0.3 is 14.4 Å². The molecule has 1 aromatic heterocycles. The summed E-state index contributed by atoms with van der Waals surface area (Å²) in [6.45, 7) is 4.14. The van der Waals surface area contributed by atoms with Crippen LogP contribution in [-0.4, -0.2) is 45.9 Å². The predicted octanol–water partition coefficient (Wildman–Crippen LogP) is 2.09. The van der Waals surface area contributed by atoms with Crippen molar-refractivity contribution in [2.24, 2.45) is 0 Å². The predicted molar refractivity (Wildman–Crippen MR) is 84.7 cm³/mol. The molecule has 2 heterocycles. The molecule has 124 valence electrons. The molecule has 1 aliphatic heterocycles. The van der Waals surface area contributed by atoms with Crippen molar-refractivity contribution in [3.63, 3.8) is 0 Å². The topological polar surface area (TPSA) is 71.6 Å². The lowest BCUT2D eigenvalue weighted by atomic mass is 10.2. The maximum atomic E-state index is 10.2. The second-order valence-corrected chi connectivity index (χ2v) is 5.98. The Hall–Kier alpha value is -1.76. The van der Waals surface area contributed by atoms with Crippen molar-refractivity contribution in [2.45, 2.75) is 38.5 Å². The van der Waals surface area contributed by atoms with Crippen molar-refractivity contribution in [2.75, 3.05) is 19.7 Å². The van der Waals surface area contributed by atoms with E-state index in [1.807, 2.05) is 30.3 Å². The van der Waals surface area contributed by atoms with Crippen LogP contribution >= 0.6 is 0 Å². The Morgan fingerprint density at radius 3 is 2.96 bits per heavy atom. The van der Waals surface area contributed by atoms with Crippen LogP contribution in [0.4, 0.5) is 0 Å². The molecule has 6 heteroatoms. The Morgan fingerprint density at radius 2 is 2.22 bits per heavy atom. The Morgan fingerprint density at radius 1 is 1.39 bits per heavy atom. The minimum Gasteiger partial charge on any atom is -0.389 e. The van der Waals surface area contributed by atoms with E-state index in [0.717, 1.165) is 30.8 Å². The average molecular weight is 317 g/mol. The van der Waals surface area contributed by atoms with Crippen molar-refractivity contribution in [1.82, 2.24) is 15.0 Å². The third-order valence-corrected chi connectivity index (χ3v) is 4.07. The summed E-state index contributed by atoms with van der Waals surface area (Å²) >= 11 is 0. The van der Waals surface area contributed by atoms with Crippen molar-refractivity contribution in [3.05, 3.63) is 47.6 Å². The molecule has 0 spiro atoms. The van der Waals surface area contributed by atoms with Crippen LogP contribution in [0.2, 0.25) is 0 Å². The molecule has 3 rings (SSSR count). The van der Waals surface area contributed by atoms with Crippen LogP contribution < -0.4 is 0 Å². The first-order valence-corrected chi connectivity index (χ1v) is 8.06. The van der Waals surface area contributed by atoms with Gasteiger partial charge in [-0.3, -0.25) is 4.90 Å². The van der Waals surface area contributed by atoms with Crippen LogP contribution in [0.3, 0.4) is 0 Å². The molecule has 1 aliphatic rings. The zero-order valence-corrected chi connectivity index (χ0v) is 13.4. The Bertz CT molecular complexity index is 602. The van der Waals surface area contributed by atoms with Gasteiger partial charge >= 0.3 is 0 Å². The van der Waals surface area contributed by atoms with Crippen LogP contribution in [0.1, 0.15) is 36.2 Å². The highest BCUT2D eigenvalue weighted by atomic mass is 16.5. The number of nitrogens with zero attached hydrogens (tertiary/aromatic N) is 3. The lowest BCUT2D eigenvalue weighted by molar-refractivity contribution is 0.00710. The van der Waals surface area contributed by atoms with Crippen LogP contribution in [0, 0.1) is 6.92 Å². The summed E-state index contributed by atoms with van der Waals surface area (Å²) in [5, 5.41) is 14.2. The summed E-state index contributed by atoms with van der Waals surface area (Å²) in [5.41, 5.74) is 1.11. The number of aryl methyl sites for hydroxylation is 1. The third-order valence-electron chi connectivity index (χ3n) is 4.07. The minimum absolute atomic E-state index is 0.135. The van der Waals surface area contributed by atoms with Gasteiger partial charge in [-0.1, -0.05) is 35.5 Å². The molecule has 1 fully saturated rings. The minimum atomic E-state index is -0.521. The SMILES string of the molecule is Cc1nc(C2CCCN2CC(O)COCc2ccccc2)no1. The van der Waals surface area contributed by atoms with Gasteiger partial charge in [0.2, 0.25) is 5.89 Å². The number of rotatable bonds is 7. The van der Waals surface area contributed by atoms with Gasteiger partial charge in [0, 0.05) is 13.5 Å². The van der Waals surface area contributed by atoms with E-state index in [9.17, 15) is 5.11 Å². The first-order chi connectivity index (χ1) is 11.2. The van der Waals surface area contributed by atoms with E-state index in [1.54, 1.807) is 6.92 Å². The highest BCUT2D eigenvalue weighted by molar-refractivity contribution is 5.13. The quantitative estimate of drug-likeness (QED) is 0.843. The van der Waals surface area contributed by atoms with Gasteiger partial charge in [-0.15, -0.1) is 0 Å². The van der Waals surface area contributed by atoms with Crippen LogP contribution in [0.5, 0.6) is 0 Å². The maximum absolute atomic E-state index is 10.2. The number of benzene rings is 1. The zero-order chi connectivity index (χ0) is 16.1. The third kappa shape index (κ3) is 4.37. The molecule has 0 bridgehead atoms. The number of aliphatic hydroxyl groups is 1. The molecule has 0 amide bonds. The summed E-state index contributed by atoms with van der Waals surface area (Å²) < 4.78 is 10.7. The van der Waals surface area contributed by atoms with E-state index in [4.69, 9.17) is 9.26 Å². The molecular weight excluding hydrogens is 294 g/mol. The fourth-order valence-corrected chi connectivity index (χ4v) is 3.00. The Kier molecular flexibility index (Phi) is 5.38. The lowest BCUT2D eigenvalue weighted by Crippen LogP contribution is -2.35. The lowest BCUT2D eigenvalue weighted by Gasteiger charge is -2.24. The number of aliphatic hydroxyl groups excluding tert-OH is 1. The summed E-state index contributed by atoms with van der Waals surface area (Å²) in [4.78, 5) is 6.53. The normalized spacial score (nSPS) is 20.0. The first-order valence-electron chi connectivity index (χ1n) is 8.06. The molecule has 23 heavy (non-hydrogen) atoms. The van der Waals surface area contributed by atoms with Gasteiger partial charge in [0.15, 0.2) is 5.82 Å². The number of hydrogen-bond acceptors (Lipinski definition) is 6. The van der Waals surface area contributed by atoms with Crippen LogP contribution in [0.15, 0.2) is 34.9 Å². The van der Waals surface area contributed by atoms with Crippen LogP contribution in [-0.2, 0) is 11.3 Å². The van der Waals surface area contributed by atoms with E-state index in [2.05, 4.69) is 15.0 Å². The molecule has 0 saturated carbocycles. The standard InChI is InChI=1S/C17H23N3O3/c1-13-18-17(19-23-13)16-8-5-9-20(16)10-15(21)12-22-11-14-6-3-2-4-7-14/h2-4,6-7,15-16,21H,5,8-12H2,1H3. The highest BCUT2D eigenvalue weighted by Crippen LogP contribution is 2.30. The van der Waals surface area contributed by atoms with E-state index < -0.39 is 6.10 Å². The van der Waals surface area contributed by atoms with Gasteiger partial charge in [0.05, 0.1) is 25.4 Å². The highest BCUT2D eigenvalue weighted by Gasteiger charge is 2.30. The van der Waals surface area contributed by atoms with Gasteiger partial charge in [-0.25, -0.2) is 0 Å². The monoisotopic (exact) mass is 317 g/mol. The molecule has 6 nitrogen and oxygen atoms in total. The van der Waals surface area contributed by atoms with E-state index >= 15 is 0 Å². The van der Waals surface area contributed by atoms with Crippen molar-refractivity contribution < 1.29 is 14.4 Å². The van der Waals surface area contributed by atoms with E-state index in [-0.39, 0.29) is 6.04 Å². The maximum Gasteiger partial charge on any atom is 0.223 e. The van der Waals surface area contributed by atoms with Gasteiger partial charge in [0.25, 0.3) is 0 Å². The van der Waals surface area contributed by atoms with Crippen molar-refractivity contribution >= 4 is 0 Å². The van der Waals surface area contributed by atoms with Crippen molar-refractivity contribution in [3.8, 4) is 0 Å². The van der Waals surface area contributed by atoms with Gasteiger partial charge in [0.1, 0.15) is 0 Å². The average Bonchev–Trinajstić information content (AvgIpc) is 3.17. The summed E-state index contributed by atoms with van der Waals surface area (Å²) in [5.74, 6) is 1.30. The molecule has 1 N–H and O–H groups in total.